The lowest BCUT2D eigenvalue weighted by Gasteiger charge is -2.47. The van der Waals surface area contributed by atoms with Gasteiger partial charge in [-0.1, -0.05) is 35.9 Å². The summed E-state index contributed by atoms with van der Waals surface area (Å²) in [6, 6.07) is 17.1. The molecule has 2 aliphatic heterocycles. The molecule has 1 saturated carbocycles. The number of hydrogen-bond acceptors (Lipinski definition) is 12. The van der Waals surface area contributed by atoms with Crippen LogP contribution in [0.5, 0.6) is 17.2 Å². The van der Waals surface area contributed by atoms with Crippen molar-refractivity contribution in [1.29, 1.82) is 0 Å². The van der Waals surface area contributed by atoms with E-state index in [0.717, 1.165) is 25.1 Å². The Labute approximate surface area is 385 Å². The van der Waals surface area contributed by atoms with Crippen LogP contribution in [0, 0.1) is 18.3 Å². The van der Waals surface area contributed by atoms with Gasteiger partial charge in [0.1, 0.15) is 29.6 Å². The first-order chi connectivity index (χ1) is 31.7. The van der Waals surface area contributed by atoms with Crippen LogP contribution in [-0.2, 0) is 43.2 Å². The molecule has 10 rings (SSSR count). The van der Waals surface area contributed by atoms with E-state index in [0.29, 0.717) is 50.1 Å². The van der Waals surface area contributed by atoms with Crippen molar-refractivity contribution in [2.75, 3.05) is 32.3 Å². The molecule has 3 aliphatic rings. The Bertz CT molecular complexity index is 3410. The Morgan fingerprint density at radius 1 is 0.955 bits per heavy atom. The molecule has 2 amide bonds. The molecule has 0 spiro atoms. The predicted molar refractivity (Wildman–Crippen MR) is 248 cm³/mol. The maximum Gasteiger partial charge on any atom is 0.347 e. The number of carbonyl (C=O) groups is 2. The van der Waals surface area contributed by atoms with Gasteiger partial charge in [0.2, 0.25) is 11.8 Å². The third-order valence-electron chi connectivity index (χ3n) is 13.6. The average molecular weight is 933 g/mol. The molecule has 1 saturated heterocycles. The second kappa shape index (κ2) is 16.0. The monoisotopic (exact) mass is 932 g/mol. The summed E-state index contributed by atoms with van der Waals surface area (Å²) >= 11 is 7.89. The summed E-state index contributed by atoms with van der Waals surface area (Å²) in [7, 11) is 6.30. The molecule has 340 valence electrons. The van der Waals surface area contributed by atoms with Gasteiger partial charge in [-0.2, -0.15) is 5.10 Å². The zero-order chi connectivity index (χ0) is 46.5. The number of para-hydroxylation sites is 1. The average Bonchev–Trinajstić information content (AvgIpc) is 3.98. The number of aryl methyl sites for hydroxylation is 4. The molecule has 19 heteroatoms. The molecule has 3 aromatic carbocycles. The van der Waals surface area contributed by atoms with Crippen molar-refractivity contribution in [3.8, 4) is 27.8 Å². The quantitative estimate of drug-likeness (QED) is 0.134. The van der Waals surface area contributed by atoms with Gasteiger partial charge in [0.25, 0.3) is 5.56 Å². The summed E-state index contributed by atoms with van der Waals surface area (Å²) < 4.78 is 24.8. The molecule has 2 fully saturated rings. The highest BCUT2D eigenvalue weighted by Gasteiger charge is 2.66. The van der Waals surface area contributed by atoms with E-state index in [4.69, 9.17) is 30.9 Å². The second-order valence-corrected chi connectivity index (χ2v) is 18.5. The number of rotatable bonds is 11. The van der Waals surface area contributed by atoms with E-state index in [1.54, 1.807) is 62.7 Å². The number of halogens is 1. The second-order valence-electron chi connectivity index (χ2n) is 17.0. The normalized spacial score (nSPS) is 20.2. The van der Waals surface area contributed by atoms with Crippen LogP contribution in [0.4, 0.5) is 5.82 Å². The van der Waals surface area contributed by atoms with Crippen molar-refractivity contribution < 1.29 is 28.9 Å². The molecular formula is C47H45ClN8O9S. The number of allylic oxidation sites excluding steroid dienone is 2. The van der Waals surface area contributed by atoms with Gasteiger partial charge >= 0.3 is 11.4 Å². The van der Waals surface area contributed by atoms with Crippen LogP contribution in [0.1, 0.15) is 42.1 Å². The van der Waals surface area contributed by atoms with Crippen molar-refractivity contribution >= 4 is 61.7 Å². The third kappa shape index (κ3) is 6.32. The highest BCUT2D eigenvalue weighted by molar-refractivity contribution is 7.22. The van der Waals surface area contributed by atoms with E-state index in [1.165, 1.54) is 37.7 Å². The standard InChI is InChI=1S/C47H45ClN8O9S/c1-24-28-19-25(48)11-12-38(28)66-41(24)32-22-39(52(4)50-32)55-42(58)29-20-33-26(40(47(29,2)44(55)60)27-9-7-8-10-35(27)65-18-17-57)13-16-54-45(61)53(46(62)56(33)54)15-14-30-43(59)51(3)34-23-37(64-6)36(63-5)21-31(34)49-30/h7-13,19,21-23,29,33,40,57H,14-18,20H2,1-6H3. The van der Waals surface area contributed by atoms with E-state index >= 15 is 9.59 Å². The van der Waals surface area contributed by atoms with E-state index in [-0.39, 0.29) is 50.7 Å². The number of thiophene rings is 1. The molecule has 0 bridgehead atoms. The van der Waals surface area contributed by atoms with Gasteiger partial charge in [0.15, 0.2) is 11.5 Å². The SMILES string of the molecule is COc1cc2nc(CCn3c(=O)n4n(c3=O)C3CC5C(=O)N(c6cc(-c7sc8ccc(Cl)cc8c7C)nn6C)C(=O)C5(C)C(c5ccccc5OCCO)C3=CC4)c(=O)n(C)c2cc1OC. The molecule has 1 N–H and O–H groups in total. The molecule has 4 atom stereocenters. The number of aliphatic hydroxyl groups is 1. The van der Waals surface area contributed by atoms with Crippen molar-refractivity contribution in [2.45, 2.75) is 51.7 Å². The van der Waals surface area contributed by atoms with E-state index in [9.17, 15) is 19.5 Å². The summed E-state index contributed by atoms with van der Waals surface area (Å²) in [6.07, 6.45) is 1.86. The van der Waals surface area contributed by atoms with Crippen molar-refractivity contribution in [2.24, 2.45) is 25.4 Å². The lowest BCUT2D eigenvalue weighted by Crippen LogP contribution is -2.49. The fraction of sp³-hybridized carbons (Fsp3) is 0.340. The summed E-state index contributed by atoms with van der Waals surface area (Å²) in [5.41, 5.74) is 0.944. The number of ether oxygens (including phenoxy) is 3. The van der Waals surface area contributed by atoms with Gasteiger partial charge in [0.05, 0.1) is 60.7 Å². The zero-order valence-electron chi connectivity index (χ0n) is 36.9. The summed E-state index contributed by atoms with van der Waals surface area (Å²) in [6.45, 7) is 3.34. The van der Waals surface area contributed by atoms with Crippen molar-refractivity contribution in [3.63, 3.8) is 0 Å². The van der Waals surface area contributed by atoms with Gasteiger partial charge in [0, 0.05) is 66.5 Å². The Kier molecular flexibility index (Phi) is 10.5. The number of hydrogen-bond donors (Lipinski definition) is 1. The topological polar surface area (TPSA) is 187 Å². The number of imide groups is 1. The molecule has 4 aromatic heterocycles. The molecule has 66 heavy (non-hydrogen) atoms. The number of fused-ring (bicyclic) bond motifs is 6. The minimum atomic E-state index is -1.39. The Morgan fingerprint density at radius 2 is 1.71 bits per heavy atom. The fourth-order valence-corrected chi connectivity index (χ4v) is 11.7. The van der Waals surface area contributed by atoms with Crippen LogP contribution >= 0.6 is 22.9 Å². The predicted octanol–water partition coefficient (Wildman–Crippen LogP) is 5.13. The molecule has 1 aliphatic carbocycles. The Hall–Kier alpha value is -6.76. The Balaban J connectivity index is 1.05. The van der Waals surface area contributed by atoms with Gasteiger partial charge in [-0.15, -0.1) is 11.3 Å². The van der Waals surface area contributed by atoms with Crippen LogP contribution in [0.2, 0.25) is 5.02 Å². The molecule has 4 unspecified atom stereocenters. The minimum Gasteiger partial charge on any atom is -0.493 e. The number of benzene rings is 3. The first-order valence-corrected chi connectivity index (χ1v) is 22.6. The molecule has 17 nitrogen and oxygen atoms in total. The van der Waals surface area contributed by atoms with Gasteiger partial charge in [-0.3, -0.25) is 19.1 Å². The summed E-state index contributed by atoms with van der Waals surface area (Å²) in [5, 5.41) is 16.2. The number of nitrogens with zero attached hydrogens (tertiary/aromatic N) is 8. The number of methoxy groups -OCH3 is 2. The third-order valence-corrected chi connectivity index (χ3v) is 15.2. The zero-order valence-corrected chi connectivity index (χ0v) is 38.5. The van der Waals surface area contributed by atoms with Gasteiger partial charge in [-0.05, 0) is 61.1 Å². The first-order valence-electron chi connectivity index (χ1n) is 21.4. The van der Waals surface area contributed by atoms with Crippen LogP contribution in [0.25, 0.3) is 31.7 Å². The highest BCUT2D eigenvalue weighted by Crippen LogP contribution is 2.62. The summed E-state index contributed by atoms with van der Waals surface area (Å²) in [5.74, 6) is -1.12. The molecule has 6 heterocycles. The Morgan fingerprint density at radius 3 is 2.47 bits per heavy atom. The fourth-order valence-electron chi connectivity index (χ4n) is 10.4. The number of anilines is 1. The van der Waals surface area contributed by atoms with E-state index in [1.807, 2.05) is 43.3 Å². The van der Waals surface area contributed by atoms with Crippen molar-refractivity contribution in [3.05, 3.63) is 125 Å². The molecule has 7 aromatic rings. The van der Waals surface area contributed by atoms with E-state index < -0.39 is 52.0 Å². The number of carbonyl (C=O) groups excluding carboxylic acids is 2. The van der Waals surface area contributed by atoms with Crippen LogP contribution in [-0.4, -0.2) is 77.6 Å². The first kappa shape index (κ1) is 43.1. The number of aliphatic hydroxyl groups excluding tert-OH is 1. The number of amides is 2. The molecule has 0 radical (unpaired) electrons. The van der Waals surface area contributed by atoms with Gasteiger partial charge < -0.3 is 23.9 Å². The lowest BCUT2D eigenvalue weighted by atomic mass is 9.56. The van der Waals surface area contributed by atoms with Crippen LogP contribution in [0.3, 0.4) is 0 Å². The minimum absolute atomic E-state index is 0.00188. The highest BCUT2D eigenvalue weighted by atomic mass is 35.5. The largest absolute Gasteiger partial charge is 0.493 e. The summed E-state index contributed by atoms with van der Waals surface area (Å²) in [4.78, 5) is 79.7. The van der Waals surface area contributed by atoms with Crippen molar-refractivity contribution in [1.82, 2.24) is 33.3 Å². The van der Waals surface area contributed by atoms with Gasteiger partial charge in [-0.25, -0.2) is 33.4 Å². The van der Waals surface area contributed by atoms with Crippen LogP contribution in [0.15, 0.2) is 86.7 Å². The maximum atomic E-state index is 15.4. The molecular weight excluding hydrogens is 888 g/mol. The maximum absolute atomic E-state index is 15.4. The number of aromatic nitrogens is 7. The van der Waals surface area contributed by atoms with Crippen LogP contribution < -0.4 is 36.0 Å². The lowest BCUT2D eigenvalue weighted by molar-refractivity contribution is -0.129. The van der Waals surface area contributed by atoms with E-state index in [2.05, 4.69) is 4.98 Å². The smallest absolute Gasteiger partial charge is 0.347 e.